The molecule has 2 nitrogen and oxygen atoms in total. The molecule has 0 atom stereocenters. The van der Waals surface area contributed by atoms with Crippen molar-refractivity contribution in [3.63, 3.8) is 0 Å². The van der Waals surface area contributed by atoms with E-state index in [0.717, 1.165) is 27.4 Å². The maximum Gasteiger partial charge on any atom is 0.220 e. The molecule has 0 N–H and O–H groups in total. The number of hydrogen-bond acceptors (Lipinski definition) is 1. The van der Waals surface area contributed by atoms with Crippen molar-refractivity contribution < 1.29 is 10.4 Å². The largest absolute Gasteiger partial charge is 0.464 e. The number of rotatable bonds is 2. The number of nitrogens with zero attached hydrogens (tertiary/aromatic N) is 1. The van der Waals surface area contributed by atoms with Crippen LogP contribution in [0.3, 0.4) is 0 Å². The predicted molar refractivity (Wildman–Crippen MR) is 116 cm³/mol. The van der Waals surface area contributed by atoms with Gasteiger partial charge in [-0.1, -0.05) is 31.4 Å². The minimum absolute atomic E-state index is 0.639. The first kappa shape index (κ1) is 16.4. The van der Waals surface area contributed by atoms with Gasteiger partial charge in [-0.25, -0.2) is 0 Å². The van der Waals surface area contributed by atoms with Crippen molar-refractivity contribution in [2.24, 2.45) is 7.05 Å². The summed E-state index contributed by atoms with van der Waals surface area (Å²) in [6.07, 6.45) is 8.32. The van der Waals surface area contributed by atoms with Gasteiger partial charge in [-0.15, -0.1) is 0 Å². The highest BCUT2D eigenvalue weighted by atomic mass is 16.3. The zero-order chi connectivity index (χ0) is 20.1. The monoisotopic (exact) mass is 371 g/mol. The third-order valence-electron chi connectivity index (χ3n) is 6.58. The molecule has 0 saturated heterocycles. The third-order valence-corrected chi connectivity index (χ3v) is 6.58. The Hall–Kier alpha value is -2.61. The lowest BCUT2D eigenvalue weighted by molar-refractivity contribution is -0.665. The van der Waals surface area contributed by atoms with Crippen molar-refractivity contribution >= 4 is 21.7 Å². The summed E-state index contributed by atoms with van der Waals surface area (Å²) >= 11 is 0. The van der Waals surface area contributed by atoms with Crippen LogP contribution in [0.25, 0.3) is 33.0 Å². The molecule has 4 aromatic rings. The molecule has 0 radical (unpaired) electrons. The van der Waals surface area contributed by atoms with Gasteiger partial charge in [0.05, 0.1) is 18.6 Å². The molecule has 0 bridgehead atoms. The van der Waals surface area contributed by atoms with Gasteiger partial charge in [0.25, 0.3) is 0 Å². The van der Waals surface area contributed by atoms with Crippen LogP contribution in [0.1, 0.15) is 56.2 Å². The Bertz CT molecular complexity index is 1230. The lowest BCUT2D eigenvalue weighted by Gasteiger charge is -2.22. The van der Waals surface area contributed by atoms with Crippen molar-refractivity contribution in [3.8, 4) is 11.3 Å². The molecular weight excluding hydrogens is 342 g/mol. The van der Waals surface area contributed by atoms with Crippen LogP contribution < -0.4 is 4.57 Å². The number of fused-ring (bicyclic) bond motifs is 2. The number of hydrogen-bond donors (Lipinski definition) is 0. The Morgan fingerprint density at radius 2 is 1.82 bits per heavy atom. The molecule has 28 heavy (non-hydrogen) atoms. The summed E-state index contributed by atoms with van der Waals surface area (Å²) in [4.78, 5) is 0. The summed E-state index contributed by atoms with van der Waals surface area (Å²) in [5.41, 5.74) is 6.87. The number of pyridine rings is 1. The number of furan rings is 1. The van der Waals surface area contributed by atoms with E-state index in [1.807, 2.05) is 6.07 Å². The Labute approximate surface area is 168 Å². The molecule has 0 unspecified atom stereocenters. The quantitative estimate of drug-likeness (QED) is 0.356. The summed E-state index contributed by atoms with van der Waals surface area (Å²) in [6, 6.07) is 13.8. The van der Waals surface area contributed by atoms with Crippen molar-refractivity contribution in [2.45, 2.75) is 51.9 Å². The molecule has 0 aliphatic heterocycles. The second-order valence-corrected chi connectivity index (χ2v) is 8.38. The Kier molecular flexibility index (Phi) is 3.96. The number of aromatic nitrogens is 1. The highest BCUT2D eigenvalue weighted by molar-refractivity contribution is 5.96. The van der Waals surface area contributed by atoms with E-state index in [0.29, 0.717) is 12.0 Å². The first-order valence-corrected chi connectivity index (χ1v) is 10.5. The fraction of sp³-hybridized carbons (Fsp3) is 0.346. The van der Waals surface area contributed by atoms with Gasteiger partial charge < -0.3 is 4.42 Å². The number of benzene rings is 2. The molecule has 142 valence electrons. The minimum Gasteiger partial charge on any atom is -0.464 e. The van der Waals surface area contributed by atoms with E-state index in [1.54, 1.807) is 6.26 Å². The van der Waals surface area contributed by atoms with Crippen LogP contribution in [-0.4, -0.2) is 0 Å². The van der Waals surface area contributed by atoms with Gasteiger partial charge in [0.1, 0.15) is 12.6 Å². The maximum absolute atomic E-state index is 8.82. The molecule has 2 heterocycles. The van der Waals surface area contributed by atoms with Crippen molar-refractivity contribution in [3.05, 3.63) is 65.5 Å². The van der Waals surface area contributed by atoms with Crippen molar-refractivity contribution in [1.29, 1.82) is 0 Å². The highest BCUT2D eigenvalue weighted by Gasteiger charge is 2.22. The maximum atomic E-state index is 8.82. The topological polar surface area (TPSA) is 17.0 Å². The highest BCUT2D eigenvalue weighted by Crippen LogP contribution is 2.36. The van der Waals surface area contributed by atoms with E-state index in [1.165, 1.54) is 54.5 Å². The zero-order valence-electron chi connectivity index (χ0n) is 18.0. The average Bonchev–Trinajstić information content (AvgIpc) is 3.20. The molecule has 2 heteroatoms. The average molecular weight is 372 g/mol. The Morgan fingerprint density at radius 1 is 1.00 bits per heavy atom. The molecule has 1 fully saturated rings. The van der Waals surface area contributed by atoms with Crippen LogP contribution in [0.4, 0.5) is 0 Å². The lowest BCUT2D eigenvalue weighted by Crippen LogP contribution is -2.35. The SMILES string of the molecule is [2H]c1c(C)[n+](C)c(-c2cc3occc3cc2C)c2ccc(C3CCCCC3)cc12. The molecule has 0 spiro atoms. The summed E-state index contributed by atoms with van der Waals surface area (Å²) in [5.74, 6) is 0.645. The molecule has 1 aliphatic rings. The molecule has 1 saturated carbocycles. The summed E-state index contributed by atoms with van der Waals surface area (Å²) in [5, 5.41) is 3.35. The van der Waals surface area contributed by atoms with E-state index in [2.05, 4.69) is 55.8 Å². The predicted octanol–water partition coefficient (Wildman–Crippen LogP) is 6.74. The van der Waals surface area contributed by atoms with E-state index in [-0.39, 0.29) is 0 Å². The first-order valence-electron chi connectivity index (χ1n) is 11.0. The summed E-state index contributed by atoms with van der Waals surface area (Å²) in [6.45, 7) is 4.22. The third kappa shape index (κ3) is 2.83. The Balaban J connectivity index is 1.77. The van der Waals surface area contributed by atoms with Crippen LogP contribution in [0.5, 0.6) is 0 Å². The Morgan fingerprint density at radius 3 is 2.64 bits per heavy atom. The molecule has 1 aliphatic carbocycles. The van der Waals surface area contributed by atoms with Crippen molar-refractivity contribution in [2.75, 3.05) is 0 Å². The fourth-order valence-electron chi connectivity index (χ4n) is 4.89. The minimum atomic E-state index is 0.639. The van der Waals surface area contributed by atoms with Gasteiger partial charge in [-0.05, 0) is 66.5 Å². The second-order valence-electron chi connectivity index (χ2n) is 8.38. The van der Waals surface area contributed by atoms with Gasteiger partial charge in [-0.2, -0.15) is 4.57 Å². The number of aryl methyl sites for hydroxylation is 1. The first-order chi connectivity index (χ1) is 14.0. The van der Waals surface area contributed by atoms with Gasteiger partial charge in [-0.3, -0.25) is 0 Å². The van der Waals surface area contributed by atoms with E-state index in [4.69, 9.17) is 5.79 Å². The van der Waals surface area contributed by atoms with Crippen LogP contribution in [0, 0.1) is 13.8 Å². The standard InChI is InChI=1S/C26H28NO/c1-17-13-21-11-12-28-25(21)16-24(17)26-23-10-9-20(19-7-5-4-6-8-19)15-22(23)14-18(2)27(26)3/h9-16,19H,4-8H2,1-3H3/q+1/i14D. The van der Waals surface area contributed by atoms with E-state index < -0.39 is 0 Å². The van der Waals surface area contributed by atoms with Gasteiger partial charge >= 0.3 is 0 Å². The van der Waals surface area contributed by atoms with Gasteiger partial charge in [0.15, 0.2) is 5.69 Å². The smallest absolute Gasteiger partial charge is 0.220 e. The molecule has 2 aromatic carbocycles. The summed E-state index contributed by atoms with van der Waals surface area (Å²) < 4.78 is 16.7. The van der Waals surface area contributed by atoms with Crippen molar-refractivity contribution in [1.82, 2.24) is 0 Å². The molecule has 5 rings (SSSR count). The molecular formula is C26H28NO+. The lowest BCUT2D eigenvalue weighted by atomic mass is 9.83. The second kappa shape index (κ2) is 6.77. The fourth-order valence-corrected chi connectivity index (χ4v) is 4.89. The van der Waals surface area contributed by atoms with Gasteiger partial charge in [0.2, 0.25) is 5.69 Å². The van der Waals surface area contributed by atoms with Crippen LogP contribution in [-0.2, 0) is 7.05 Å². The zero-order valence-corrected chi connectivity index (χ0v) is 17.0. The van der Waals surface area contributed by atoms with Crippen LogP contribution in [0.2, 0.25) is 0 Å². The van der Waals surface area contributed by atoms with E-state index >= 15 is 0 Å². The summed E-state index contributed by atoms with van der Waals surface area (Å²) in [7, 11) is 2.07. The molecule has 0 amide bonds. The van der Waals surface area contributed by atoms with Gasteiger partial charge in [0, 0.05) is 18.4 Å². The molecule has 2 aromatic heterocycles. The van der Waals surface area contributed by atoms with Crippen LogP contribution in [0.15, 0.2) is 53.1 Å². The van der Waals surface area contributed by atoms with E-state index in [9.17, 15) is 0 Å². The normalized spacial score (nSPS) is 16.0. The van der Waals surface area contributed by atoms with Crippen LogP contribution >= 0.6 is 0 Å².